The molecule has 108 valence electrons. The minimum atomic E-state index is -0.523. The lowest BCUT2D eigenvalue weighted by molar-refractivity contribution is -0.129. The average molecular weight is 296 g/mol. The van der Waals surface area contributed by atoms with E-state index in [0.29, 0.717) is 24.5 Å². The van der Waals surface area contributed by atoms with Crippen LogP contribution in [0.5, 0.6) is 0 Å². The topological polar surface area (TPSA) is 46.6 Å². The lowest BCUT2D eigenvalue weighted by Gasteiger charge is -2.22. The SMILES string of the molecule is CC(C)[C@@H]1COC(=O)N1C(=O)CCc1ccc(Cl)cc1. The number of hydrogen-bond donors (Lipinski definition) is 0. The maximum Gasteiger partial charge on any atom is 0.416 e. The van der Waals surface area contributed by atoms with Crippen molar-refractivity contribution in [2.75, 3.05) is 6.61 Å². The summed E-state index contributed by atoms with van der Waals surface area (Å²) in [6, 6.07) is 7.21. The number of hydrogen-bond acceptors (Lipinski definition) is 3. The van der Waals surface area contributed by atoms with Crippen molar-refractivity contribution < 1.29 is 14.3 Å². The summed E-state index contributed by atoms with van der Waals surface area (Å²) >= 11 is 5.81. The van der Waals surface area contributed by atoms with Crippen LogP contribution >= 0.6 is 11.6 Å². The second-order valence-corrected chi connectivity index (χ2v) is 5.71. The van der Waals surface area contributed by atoms with Crippen LogP contribution in [-0.2, 0) is 16.0 Å². The second kappa shape index (κ2) is 6.27. The molecular formula is C15H18ClNO3. The monoisotopic (exact) mass is 295 g/mol. The van der Waals surface area contributed by atoms with E-state index in [9.17, 15) is 9.59 Å². The van der Waals surface area contributed by atoms with Gasteiger partial charge >= 0.3 is 6.09 Å². The van der Waals surface area contributed by atoms with Crippen LogP contribution in [0.2, 0.25) is 5.02 Å². The summed E-state index contributed by atoms with van der Waals surface area (Å²) in [5.74, 6) is 0.0158. The summed E-state index contributed by atoms with van der Waals surface area (Å²) in [5.41, 5.74) is 1.02. The maximum absolute atomic E-state index is 12.2. The molecule has 1 aliphatic heterocycles. The molecule has 0 N–H and O–H groups in total. The number of ether oxygens (including phenoxy) is 1. The number of benzene rings is 1. The van der Waals surface area contributed by atoms with Gasteiger partial charge < -0.3 is 4.74 Å². The second-order valence-electron chi connectivity index (χ2n) is 5.28. The third-order valence-corrected chi connectivity index (χ3v) is 3.74. The number of halogens is 1. The van der Waals surface area contributed by atoms with Gasteiger partial charge in [-0.15, -0.1) is 0 Å². The van der Waals surface area contributed by atoms with Crippen molar-refractivity contribution in [3.05, 3.63) is 34.9 Å². The largest absolute Gasteiger partial charge is 0.447 e. The van der Waals surface area contributed by atoms with Gasteiger partial charge in [0.1, 0.15) is 6.61 Å². The van der Waals surface area contributed by atoms with E-state index in [1.165, 1.54) is 4.90 Å². The molecule has 2 amide bonds. The number of amides is 2. The van der Waals surface area contributed by atoms with Crippen LogP contribution in [0.4, 0.5) is 4.79 Å². The summed E-state index contributed by atoms with van der Waals surface area (Å²) in [4.78, 5) is 25.1. The van der Waals surface area contributed by atoms with Gasteiger partial charge in [0.2, 0.25) is 5.91 Å². The minimum Gasteiger partial charge on any atom is -0.447 e. The molecule has 0 bridgehead atoms. The summed E-state index contributed by atoms with van der Waals surface area (Å²) in [5, 5.41) is 0.670. The average Bonchev–Trinajstić information content (AvgIpc) is 2.80. The molecule has 1 heterocycles. The van der Waals surface area contributed by atoms with E-state index in [1.807, 2.05) is 26.0 Å². The molecule has 1 aromatic carbocycles. The van der Waals surface area contributed by atoms with Gasteiger partial charge in [0.25, 0.3) is 0 Å². The Morgan fingerprint density at radius 3 is 2.65 bits per heavy atom. The number of nitrogens with zero attached hydrogens (tertiary/aromatic N) is 1. The normalized spacial score (nSPS) is 18.5. The predicted octanol–water partition coefficient (Wildman–Crippen LogP) is 3.28. The van der Waals surface area contributed by atoms with E-state index in [1.54, 1.807) is 12.1 Å². The first-order chi connectivity index (χ1) is 9.49. The van der Waals surface area contributed by atoms with Crippen molar-refractivity contribution in [2.45, 2.75) is 32.7 Å². The first kappa shape index (κ1) is 14.9. The Labute approximate surface area is 123 Å². The molecule has 0 aliphatic carbocycles. The highest BCUT2D eigenvalue weighted by Crippen LogP contribution is 2.21. The highest BCUT2D eigenvalue weighted by Gasteiger charge is 2.38. The molecule has 1 aliphatic rings. The summed E-state index contributed by atoms with van der Waals surface area (Å²) in [6.07, 6.45) is 0.356. The molecule has 0 radical (unpaired) electrons. The lowest BCUT2D eigenvalue weighted by Crippen LogP contribution is -2.41. The Morgan fingerprint density at radius 2 is 2.05 bits per heavy atom. The summed E-state index contributed by atoms with van der Waals surface area (Å²) in [7, 11) is 0. The van der Waals surface area contributed by atoms with Crippen LogP contribution in [0.3, 0.4) is 0 Å². The molecule has 0 aromatic heterocycles. The van der Waals surface area contributed by atoms with Gasteiger partial charge in [-0.2, -0.15) is 0 Å². The zero-order chi connectivity index (χ0) is 14.7. The fourth-order valence-electron chi connectivity index (χ4n) is 2.24. The van der Waals surface area contributed by atoms with Crippen molar-refractivity contribution in [2.24, 2.45) is 5.92 Å². The molecule has 0 saturated carbocycles. The molecule has 20 heavy (non-hydrogen) atoms. The number of carbonyl (C=O) groups excluding carboxylic acids is 2. The number of aryl methyl sites for hydroxylation is 1. The predicted molar refractivity (Wildman–Crippen MR) is 76.6 cm³/mol. The number of cyclic esters (lactones) is 1. The van der Waals surface area contributed by atoms with Crippen molar-refractivity contribution in [1.29, 1.82) is 0 Å². The number of carbonyl (C=O) groups is 2. The van der Waals surface area contributed by atoms with Crippen molar-refractivity contribution in [3.63, 3.8) is 0 Å². The third-order valence-electron chi connectivity index (χ3n) is 3.48. The van der Waals surface area contributed by atoms with Crippen molar-refractivity contribution in [3.8, 4) is 0 Å². The zero-order valence-corrected chi connectivity index (χ0v) is 12.4. The fraction of sp³-hybridized carbons (Fsp3) is 0.467. The maximum atomic E-state index is 12.2. The van der Waals surface area contributed by atoms with E-state index in [4.69, 9.17) is 16.3 Å². The molecule has 5 heteroatoms. The molecule has 1 fully saturated rings. The van der Waals surface area contributed by atoms with Gasteiger partial charge in [0.05, 0.1) is 6.04 Å². The van der Waals surface area contributed by atoms with Crippen LogP contribution in [0.25, 0.3) is 0 Å². The molecule has 1 aromatic rings. The fourth-order valence-corrected chi connectivity index (χ4v) is 2.36. The van der Waals surface area contributed by atoms with Crippen LogP contribution in [0, 0.1) is 5.92 Å². The van der Waals surface area contributed by atoms with Crippen LogP contribution in [-0.4, -0.2) is 29.5 Å². The zero-order valence-electron chi connectivity index (χ0n) is 11.6. The quantitative estimate of drug-likeness (QED) is 0.856. The smallest absolute Gasteiger partial charge is 0.416 e. The Hall–Kier alpha value is -1.55. The van der Waals surface area contributed by atoms with Gasteiger partial charge in [-0.1, -0.05) is 37.6 Å². The molecule has 2 rings (SSSR count). The number of imide groups is 1. The molecular weight excluding hydrogens is 278 g/mol. The molecule has 1 saturated heterocycles. The molecule has 1 atom stereocenters. The molecule has 0 unspecified atom stereocenters. The van der Waals surface area contributed by atoms with E-state index in [-0.39, 0.29) is 17.9 Å². The number of rotatable bonds is 4. The van der Waals surface area contributed by atoms with Crippen LogP contribution in [0.15, 0.2) is 24.3 Å². The highest BCUT2D eigenvalue weighted by molar-refractivity contribution is 6.30. The van der Waals surface area contributed by atoms with Gasteiger partial charge in [0.15, 0.2) is 0 Å². The molecule has 0 spiro atoms. The van der Waals surface area contributed by atoms with Crippen LogP contribution in [0.1, 0.15) is 25.8 Å². The van der Waals surface area contributed by atoms with Gasteiger partial charge in [-0.3, -0.25) is 4.79 Å². The first-order valence-electron chi connectivity index (χ1n) is 6.72. The Bertz CT molecular complexity index is 498. The van der Waals surface area contributed by atoms with Gasteiger partial charge in [-0.25, -0.2) is 9.69 Å². The van der Waals surface area contributed by atoms with Crippen molar-refractivity contribution >= 4 is 23.6 Å². The van der Waals surface area contributed by atoms with Gasteiger partial charge in [0, 0.05) is 11.4 Å². The third kappa shape index (κ3) is 3.31. The Kier molecular flexibility index (Phi) is 4.65. The highest BCUT2D eigenvalue weighted by atomic mass is 35.5. The molecule has 4 nitrogen and oxygen atoms in total. The summed E-state index contributed by atoms with van der Waals surface area (Å²) < 4.78 is 4.98. The van der Waals surface area contributed by atoms with E-state index < -0.39 is 6.09 Å². The standard InChI is InChI=1S/C15H18ClNO3/c1-10(2)13-9-20-15(19)17(13)14(18)8-5-11-3-6-12(16)7-4-11/h3-4,6-7,10,13H,5,8-9H2,1-2H3/t13-/m0/s1. The summed E-state index contributed by atoms with van der Waals surface area (Å²) in [6.45, 7) is 4.25. The van der Waals surface area contributed by atoms with Crippen molar-refractivity contribution in [1.82, 2.24) is 4.90 Å². The van der Waals surface area contributed by atoms with Crippen LogP contribution < -0.4 is 0 Å². The Morgan fingerprint density at radius 1 is 1.40 bits per heavy atom. The van der Waals surface area contributed by atoms with E-state index in [0.717, 1.165) is 5.56 Å². The lowest BCUT2D eigenvalue weighted by atomic mass is 10.0. The first-order valence-corrected chi connectivity index (χ1v) is 7.10. The Balaban J connectivity index is 1.97. The van der Waals surface area contributed by atoms with E-state index >= 15 is 0 Å². The minimum absolute atomic E-state index is 0.153. The van der Waals surface area contributed by atoms with Gasteiger partial charge in [-0.05, 0) is 30.0 Å². The van der Waals surface area contributed by atoms with E-state index in [2.05, 4.69) is 0 Å².